The van der Waals surface area contributed by atoms with Crippen LogP contribution in [0.2, 0.25) is 0 Å². The van der Waals surface area contributed by atoms with Crippen molar-refractivity contribution in [1.82, 2.24) is 0 Å². The molecule has 1 aromatic carbocycles. The standard InChI is InChI=1S/C15H18F4O2/c1-12(2)8-14(20,13(3,4)21-12)9-5-6-10(11(16)7-9)15(17,18)19/h5-7,20H,8H2,1-4H3. The number of alkyl halides is 3. The number of rotatable bonds is 1. The monoisotopic (exact) mass is 306 g/mol. The van der Waals surface area contributed by atoms with Gasteiger partial charge in [0, 0.05) is 6.42 Å². The van der Waals surface area contributed by atoms with Gasteiger partial charge in [0.15, 0.2) is 0 Å². The fraction of sp³-hybridized carbons (Fsp3) is 0.600. The summed E-state index contributed by atoms with van der Waals surface area (Å²) in [4.78, 5) is 0. The lowest BCUT2D eigenvalue weighted by atomic mass is 9.77. The average Bonchev–Trinajstić information content (AvgIpc) is 2.41. The van der Waals surface area contributed by atoms with E-state index in [4.69, 9.17) is 4.74 Å². The molecule has 1 N–H and O–H groups in total. The second-order valence-corrected chi connectivity index (χ2v) is 6.60. The Morgan fingerprint density at radius 1 is 1.14 bits per heavy atom. The predicted octanol–water partition coefficient (Wildman–Crippen LogP) is 4.01. The van der Waals surface area contributed by atoms with Gasteiger partial charge in [-0.2, -0.15) is 13.2 Å². The molecule has 6 heteroatoms. The van der Waals surface area contributed by atoms with Crippen molar-refractivity contribution in [3.8, 4) is 0 Å². The number of halogens is 4. The van der Waals surface area contributed by atoms with Crippen LogP contribution in [0.1, 0.15) is 45.2 Å². The smallest absolute Gasteiger partial charge is 0.382 e. The molecule has 0 aliphatic carbocycles. The van der Waals surface area contributed by atoms with Crippen LogP contribution in [0, 0.1) is 5.82 Å². The molecule has 118 valence electrons. The van der Waals surface area contributed by atoms with Gasteiger partial charge in [0.25, 0.3) is 0 Å². The van der Waals surface area contributed by atoms with E-state index in [0.29, 0.717) is 6.07 Å². The summed E-state index contributed by atoms with van der Waals surface area (Å²) < 4.78 is 57.3. The molecule has 1 atom stereocenters. The van der Waals surface area contributed by atoms with Crippen LogP contribution in [0.25, 0.3) is 0 Å². The maximum absolute atomic E-state index is 13.7. The molecule has 1 unspecified atom stereocenters. The van der Waals surface area contributed by atoms with Crippen LogP contribution in [0.4, 0.5) is 17.6 Å². The molecular weight excluding hydrogens is 288 g/mol. The van der Waals surface area contributed by atoms with Gasteiger partial charge in [-0.1, -0.05) is 6.07 Å². The second-order valence-electron chi connectivity index (χ2n) is 6.60. The summed E-state index contributed by atoms with van der Waals surface area (Å²) >= 11 is 0. The summed E-state index contributed by atoms with van der Waals surface area (Å²) in [7, 11) is 0. The molecular formula is C15H18F4O2. The van der Waals surface area contributed by atoms with Crippen LogP contribution in [-0.4, -0.2) is 16.3 Å². The molecule has 0 amide bonds. The van der Waals surface area contributed by atoms with Gasteiger partial charge in [0.05, 0.1) is 16.8 Å². The van der Waals surface area contributed by atoms with Gasteiger partial charge in [0.1, 0.15) is 11.4 Å². The minimum Gasteiger partial charge on any atom is -0.382 e. The quantitative estimate of drug-likeness (QED) is 0.794. The van der Waals surface area contributed by atoms with Gasteiger partial charge in [-0.15, -0.1) is 0 Å². The van der Waals surface area contributed by atoms with Crippen molar-refractivity contribution in [3.63, 3.8) is 0 Å². The average molecular weight is 306 g/mol. The van der Waals surface area contributed by atoms with Crippen molar-refractivity contribution < 1.29 is 27.4 Å². The van der Waals surface area contributed by atoms with Crippen LogP contribution in [-0.2, 0) is 16.5 Å². The first-order valence-corrected chi connectivity index (χ1v) is 6.58. The van der Waals surface area contributed by atoms with E-state index in [0.717, 1.165) is 12.1 Å². The lowest BCUT2D eigenvalue weighted by Crippen LogP contribution is -2.43. The number of hydrogen-bond donors (Lipinski definition) is 1. The number of ether oxygens (including phenoxy) is 1. The van der Waals surface area contributed by atoms with Gasteiger partial charge in [-0.25, -0.2) is 4.39 Å². The van der Waals surface area contributed by atoms with Crippen LogP contribution in [0.3, 0.4) is 0 Å². The first kappa shape index (κ1) is 16.2. The van der Waals surface area contributed by atoms with E-state index >= 15 is 0 Å². The zero-order valence-corrected chi connectivity index (χ0v) is 12.3. The molecule has 0 spiro atoms. The Kier molecular flexibility index (Phi) is 3.42. The molecule has 0 radical (unpaired) electrons. The number of benzene rings is 1. The molecule has 0 saturated carbocycles. The molecule has 2 nitrogen and oxygen atoms in total. The topological polar surface area (TPSA) is 29.5 Å². The summed E-state index contributed by atoms with van der Waals surface area (Å²) in [5.41, 5.74) is -4.50. The Morgan fingerprint density at radius 3 is 2.10 bits per heavy atom. The summed E-state index contributed by atoms with van der Waals surface area (Å²) in [6.07, 6.45) is -4.59. The lowest BCUT2D eigenvalue weighted by molar-refractivity contribution is -0.140. The molecule has 0 aromatic heterocycles. The van der Waals surface area contributed by atoms with Gasteiger partial charge >= 0.3 is 6.18 Å². The van der Waals surface area contributed by atoms with Crippen molar-refractivity contribution in [2.24, 2.45) is 0 Å². The van der Waals surface area contributed by atoms with Crippen LogP contribution in [0.15, 0.2) is 18.2 Å². The summed E-state index contributed by atoms with van der Waals surface area (Å²) in [6.45, 7) is 6.81. The van der Waals surface area contributed by atoms with E-state index in [1.54, 1.807) is 27.7 Å². The largest absolute Gasteiger partial charge is 0.419 e. The molecule has 1 heterocycles. The van der Waals surface area contributed by atoms with E-state index in [9.17, 15) is 22.7 Å². The Morgan fingerprint density at radius 2 is 1.71 bits per heavy atom. The molecule has 2 rings (SSSR count). The van der Waals surface area contributed by atoms with Crippen LogP contribution in [0.5, 0.6) is 0 Å². The fourth-order valence-electron chi connectivity index (χ4n) is 3.09. The minimum atomic E-state index is -4.76. The first-order valence-electron chi connectivity index (χ1n) is 6.58. The first-order chi connectivity index (χ1) is 9.29. The molecule has 1 fully saturated rings. The van der Waals surface area contributed by atoms with Gasteiger partial charge in [-0.3, -0.25) is 0 Å². The Hall–Kier alpha value is -1.14. The van der Waals surface area contributed by atoms with Gasteiger partial charge < -0.3 is 9.84 Å². The summed E-state index contributed by atoms with van der Waals surface area (Å²) in [6, 6.07) is 2.51. The third-order valence-corrected chi connectivity index (χ3v) is 3.96. The fourth-order valence-corrected chi connectivity index (χ4v) is 3.09. The highest BCUT2D eigenvalue weighted by Crippen LogP contribution is 2.51. The minimum absolute atomic E-state index is 0.0866. The van der Waals surface area contributed by atoms with Crippen molar-refractivity contribution >= 4 is 0 Å². The van der Waals surface area contributed by atoms with Crippen LogP contribution >= 0.6 is 0 Å². The SMILES string of the molecule is CC1(C)CC(O)(c2ccc(C(F)(F)F)c(F)c2)C(C)(C)O1. The number of aliphatic hydroxyl groups is 1. The van der Waals surface area contributed by atoms with Gasteiger partial charge in [-0.05, 0) is 45.4 Å². The van der Waals surface area contributed by atoms with E-state index < -0.39 is 34.4 Å². The van der Waals surface area contributed by atoms with E-state index in [2.05, 4.69) is 0 Å². The zero-order chi connectivity index (χ0) is 16.3. The van der Waals surface area contributed by atoms with Crippen molar-refractivity contribution in [3.05, 3.63) is 35.1 Å². The highest BCUT2D eigenvalue weighted by Gasteiger charge is 2.57. The van der Waals surface area contributed by atoms with E-state index in [1.807, 2.05) is 0 Å². The van der Waals surface area contributed by atoms with E-state index in [1.165, 1.54) is 0 Å². The molecule has 1 saturated heterocycles. The van der Waals surface area contributed by atoms with Crippen LogP contribution < -0.4 is 0 Å². The predicted molar refractivity (Wildman–Crippen MR) is 69.2 cm³/mol. The molecule has 1 aromatic rings. The van der Waals surface area contributed by atoms with Gasteiger partial charge in [0.2, 0.25) is 0 Å². The molecule has 21 heavy (non-hydrogen) atoms. The molecule has 0 bridgehead atoms. The Bertz CT molecular complexity index is 563. The Labute approximate surface area is 120 Å². The highest BCUT2D eigenvalue weighted by atomic mass is 19.4. The Balaban J connectivity index is 2.50. The zero-order valence-electron chi connectivity index (χ0n) is 12.3. The maximum Gasteiger partial charge on any atom is 0.419 e. The highest BCUT2D eigenvalue weighted by molar-refractivity contribution is 5.34. The lowest BCUT2D eigenvalue weighted by Gasteiger charge is -2.35. The molecule has 1 aliphatic rings. The normalized spacial score (nSPS) is 27.9. The van der Waals surface area contributed by atoms with Crippen molar-refractivity contribution in [1.29, 1.82) is 0 Å². The van der Waals surface area contributed by atoms with Crippen molar-refractivity contribution in [2.45, 2.75) is 57.1 Å². The number of hydrogen-bond acceptors (Lipinski definition) is 2. The summed E-state index contributed by atoms with van der Waals surface area (Å²) in [5, 5.41) is 10.9. The summed E-state index contributed by atoms with van der Waals surface area (Å²) in [5.74, 6) is -1.39. The third-order valence-electron chi connectivity index (χ3n) is 3.96. The third kappa shape index (κ3) is 2.66. The van der Waals surface area contributed by atoms with Crippen molar-refractivity contribution in [2.75, 3.05) is 0 Å². The van der Waals surface area contributed by atoms with E-state index in [-0.39, 0.29) is 12.0 Å². The maximum atomic E-state index is 13.7. The second kappa shape index (κ2) is 4.43. The molecule has 1 aliphatic heterocycles.